The minimum Gasteiger partial charge on any atom is -0.539 e. The molecule has 1 heterocycles. The normalized spacial score (nSPS) is 28.0. The summed E-state index contributed by atoms with van der Waals surface area (Å²) in [5, 5.41) is 10.8. The van der Waals surface area contributed by atoms with Crippen molar-refractivity contribution in [3.63, 3.8) is 0 Å². The summed E-state index contributed by atoms with van der Waals surface area (Å²) in [6.07, 6.45) is 4.90. The van der Waals surface area contributed by atoms with Gasteiger partial charge in [0, 0.05) is 6.42 Å². The van der Waals surface area contributed by atoms with E-state index in [1.165, 1.54) is 0 Å². The number of hydrogen-bond acceptors (Lipinski definition) is 6. The molecule has 2 fully saturated rings. The zero-order valence-electron chi connectivity index (χ0n) is 16.0. The van der Waals surface area contributed by atoms with Crippen LogP contribution in [0.3, 0.4) is 0 Å². The molecule has 0 aromatic rings. The monoisotopic (exact) mass is 474 g/mol. The smallest absolute Gasteiger partial charge is 0.539 e. The summed E-state index contributed by atoms with van der Waals surface area (Å²) in [5.74, 6) is -2.51. The van der Waals surface area contributed by atoms with Crippen LogP contribution < -0.4 is 74.0 Å². The number of hydrogen-bond donors (Lipinski definition) is 0. The number of carbonyl (C=O) groups excluding carboxylic acids is 2. The van der Waals surface area contributed by atoms with Gasteiger partial charge in [-0.15, -0.1) is 0 Å². The van der Waals surface area contributed by atoms with Gasteiger partial charge in [-0.05, 0) is 49.9 Å². The summed E-state index contributed by atoms with van der Waals surface area (Å²) in [6.45, 7) is 7.97. The minimum atomic E-state index is -1.78. The van der Waals surface area contributed by atoms with Crippen molar-refractivity contribution in [2.24, 2.45) is 11.3 Å². The molecule has 2 rings (SSSR count). The molecule has 0 bridgehead atoms. The molecule has 0 radical (unpaired) electrons. The largest absolute Gasteiger partial charge is 1.00 e. The predicted molar refractivity (Wildman–Crippen MR) is 84.8 cm³/mol. The van der Waals surface area contributed by atoms with E-state index >= 15 is 0 Å². The Balaban J connectivity index is 0.00000312. The van der Waals surface area contributed by atoms with Crippen LogP contribution in [-0.4, -0.2) is 37.0 Å². The Labute approximate surface area is 209 Å². The molecular formula is C18H29CsO6. The third kappa shape index (κ3) is 7.44. The van der Waals surface area contributed by atoms with Crippen LogP contribution in [0.5, 0.6) is 0 Å². The molecule has 0 N–H and O–H groups in total. The molecule has 1 aliphatic heterocycles. The number of aliphatic carboxylic acids is 1. The van der Waals surface area contributed by atoms with E-state index in [0.717, 1.165) is 19.3 Å². The maximum absolute atomic E-state index is 11.6. The number of carboxylic acids is 1. The molecule has 1 aliphatic carbocycles. The van der Waals surface area contributed by atoms with Crippen LogP contribution in [0.1, 0.15) is 65.7 Å². The molecule has 0 aromatic carbocycles. The van der Waals surface area contributed by atoms with Crippen molar-refractivity contribution in [2.75, 3.05) is 13.2 Å². The van der Waals surface area contributed by atoms with Crippen LogP contribution in [0.2, 0.25) is 0 Å². The van der Waals surface area contributed by atoms with Gasteiger partial charge in [-0.2, -0.15) is 0 Å². The fourth-order valence-corrected chi connectivity index (χ4v) is 3.74. The van der Waals surface area contributed by atoms with Gasteiger partial charge in [0.25, 0.3) is 0 Å². The van der Waals surface area contributed by atoms with E-state index in [-0.39, 0.29) is 80.6 Å². The first-order valence-corrected chi connectivity index (χ1v) is 8.89. The molecule has 1 saturated carbocycles. The van der Waals surface area contributed by atoms with Gasteiger partial charge < -0.3 is 24.1 Å². The topological polar surface area (TPSA) is 84.9 Å². The fraction of sp³-hybridized carbons (Fsp3) is 0.889. The molecule has 0 atom stereocenters. The Morgan fingerprint density at radius 3 is 2.20 bits per heavy atom. The van der Waals surface area contributed by atoms with Crippen LogP contribution in [0, 0.1) is 11.3 Å². The van der Waals surface area contributed by atoms with E-state index in [2.05, 4.69) is 20.8 Å². The number of ether oxygens (including phenoxy) is 3. The third-order valence-electron chi connectivity index (χ3n) is 5.33. The molecule has 1 saturated heterocycles. The quantitative estimate of drug-likeness (QED) is 0.376. The van der Waals surface area contributed by atoms with Crippen LogP contribution in [0.15, 0.2) is 0 Å². The second kappa shape index (κ2) is 10.5. The average molecular weight is 474 g/mol. The molecule has 7 heteroatoms. The van der Waals surface area contributed by atoms with Crippen molar-refractivity contribution >= 4 is 11.9 Å². The summed E-state index contributed by atoms with van der Waals surface area (Å²) in [7, 11) is 0. The molecule has 138 valence electrons. The minimum absolute atomic E-state index is 0. The van der Waals surface area contributed by atoms with Crippen LogP contribution >= 0.6 is 0 Å². The van der Waals surface area contributed by atoms with Crippen molar-refractivity contribution in [1.29, 1.82) is 0 Å². The van der Waals surface area contributed by atoms with Crippen molar-refractivity contribution in [3.05, 3.63) is 0 Å². The van der Waals surface area contributed by atoms with Gasteiger partial charge in [0.15, 0.2) is 12.3 Å². The molecule has 0 amide bonds. The number of carbonyl (C=O) groups is 2. The summed E-state index contributed by atoms with van der Waals surface area (Å²) < 4.78 is 16.5. The first-order valence-electron chi connectivity index (χ1n) is 8.89. The number of esters is 1. The maximum atomic E-state index is 11.6. The van der Waals surface area contributed by atoms with E-state index in [9.17, 15) is 14.7 Å². The van der Waals surface area contributed by atoms with Gasteiger partial charge in [-0.1, -0.05) is 20.8 Å². The third-order valence-corrected chi connectivity index (χ3v) is 5.33. The first kappa shape index (κ1) is 24.0. The number of rotatable bonds is 4. The second-order valence-corrected chi connectivity index (χ2v) is 8.06. The fourth-order valence-electron chi connectivity index (χ4n) is 3.74. The van der Waals surface area contributed by atoms with Gasteiger partial charge in [0.2, 0.25) is 0 Å². The molecule has 0 aromatic heterocycles. The Morgan fingerprint density at radius 2 is 1.72 bits per heavy atom. The van der Waals surface area contributed by atoms with Crippen LogP contribution in [0.25, 0.3) is 0 Å². The SMILES string of the molecule is CC(C)(C)C1CCC(CCC2OCCCO2)(OC(=O)C(=O)[O-])CC1.[Cs+]. The maximum Gasteiger partial charge on any atom is 1.00 e. The van der Waals surface area contributed by atoms with Crippen molar-refractivity contribution < 1.29 is 97.8 Å². The molecule has 0 unspecified atom stereocenters. The van der Waals surface area contributed by atoms with E-state index < -0.39 is 17.5 Å². The second-order valence-electron chi connectivity index (χ2n) is 8.06. The van der Waals surface area contributed by atoms with Crippen molar-refractivity contribution in [1.82, 2.24) is 0 Å². The standard InChI is InChI=1S/C18H30O6.Cs/c1-17(2,3)13-5-8-18(9-6-13,24-16(21)15(19)20)10-7-14-22-11-4-12-23-14;/h13-14H,4-12H2,1-3H3,(H,19,20);/q;+1/p-1. The summed E-state index contributed by atoms with van der Waals surface area (Å²) >= 11 is 0. The summed E-state index contributed by atoms with van der Waals surface area (Å²) in [4.78, 5) is 22.4. The van der Waals surface area contributed by atoms with E-state index in [0.29, 0.717) is 44.8 Å². The van der Waals surface area contributed by atoms with Crippen molar-refractivity contribution in [2.45, 2.75) is 77.6 Å². The zero-order chi connectivity index (χ0) is 17.8. The van der Waals surface area contributed by atoms with Crippen molar-refractivity contribution in [3.8, 4) is 0 Å². The number of carboxylic acid groups (broad SMARTS) is 1. The molecule has 2 aliphatic rings. The Hall–Kier alpha value is 0.912. The van der Waals surface area contributed by atoms with Gasteiger partial charge in [-0.3, -0.25) is 0 Å². The van der Waals surface area contributed by atoms with Crippen LogP contribution in [-0.2, 0) is 23.8 Å². The average Bonchev–Trinajstić information content (AvgIpc) is 2.53. The Kier molecular flexibility index (Phi) is 10.0. The summed E-state index contributed by atoms with van der Waals surface area (Å²) in [6, 6.07) is 0. The molecular weight excluding hydrogens is 445 g/mol. The Morgan fingerprint density at radius 1 is 1.16 bits per heavy atom. The van der Waals surface area contributed by atoms with E-state index in [1.807, 2.05) is 0 Å². The first-order chi connectivity index (χ1) is 11.2. The molecule has 25 heavy (non-hydrogen) atoms. The van der Waals surface area contributed by atoms with E-state index in [4.69, 9.17) is 14.2 Å². The van der Waals surface area contributed by atoms with Gasteiger partial charge in [0.05, 0.1) is 13.2 Å². The predicted octanol–water partition coefficient (Wildman–Crippen LogP) is -1.20. The van der Waals surface area contributed by atoms with Gasteiger partial charge in [-0.25, -0.2) is 4.79 Å². The zero-order valence-corrected chi connectivity index (χ0v) is 22.2. The molecule has 6 nitrogen and oxygen atoms in total. The Bertz CT molecular complexity index is 445. The van der Waals surface area contributed by atoms with Gasteiger partial charge >= 0.3 is 74.9 Å². The van der Waals surface area contributed by atoms with E-state index in [1.54, 1.807) is 0 Å². The summed E-state index contributed by atoms with van der Waals surface area (Å²) in [5.41, 5.74) is -0.552. The van der Waals surface area contributed by atoms with Crippen LogP contribution in [0.4, 0.5) is 0 Å². The molecule has 0 spiro atoms. The van der Waals surface area contributed by atoms with Gasteiger partial charge in [0.1, 0.15) is 5.60 Å².